The van der Waals surface area contributed by atoms with Crippen molar-refractivity contribution < 1.29 is 14.5 Å². The fourth-order valence-corrected chi connectivity index (χ4v) is 3.33. The van der Waals surface area contributed by atoms with Gasteiger partial charge in [0, 0.05) is 16.8 Å². The summed E-state index contributed by atoms with van der Waals surface area (Å²) in [7, 11) is 1.87. The molecule has 4 atom stereocenters. The lowest BCUT2D eigenvalue weighted by Crippen LogP contribution is -3.15. The normalized spacial score (nSPS) is 22.7. The number of hydrogen-bond acceptors (Lipinski definition) is 2. The number of halogens is 1. The maximum Gasteiger partial charge on any atom is 0.279 e. The van der Waals surface area contributed by atoms with E-state index < -0.39 is 0 Å². The Hall–Kier alpha value is -1.59. The van der Waals surface area contributed by atoms with Crippen molar-refractivity contribution in [2.45, 2.75) is 51.6 Å². The first-order chi connectivity index (χ1) is 11.9. The van der Waals surface area contributed by atoms with Crippen LogP contribution in [-0.4, -0.2) is 37.5 Å². The van der Waals surface area contributed by atoms with E-state index in [1.165, 1.54) is 19.3 Å². The molecule has 0 saturated heterocycles. The van der Waals surface area contributed by atoms with Gasteiger partial charge in [0.15, 0.2) is 12.6 Å². The van der Waals surface area contributed by atoms with Gasteiger partial charge in [0.2, 0.25) is 0 Å². The maximum absolute atomic E-state index is 12.5. The average molecular weight is 367 g/mol. The number of hydrogen-bond donors (Lipinski definition) is 3. The van der Waals surface area contributed by atoms with E-state index in [-0.39, 0.29) is 30.4 Å². The van der Waals surface area contributed by atoms with E-state index in [1.807, 2.05) is 14.0 Å². The lowest BCUT2D eigenvalue weighted by Gasteiger charge is -2.31. The minimum Gasteiger partial charge on any atom is -0.348 e. The van der Waals surface area contributed by atoms with Crippen LogP contribution in [0.5, 0.6) is 0 Å². The summed E-state index contributed by atoms with van der Waals surface area (Å²) in [6, 6.07) is 6.97. The van der Waals surface area contributed by atoms with Crippen LogP contribution in [0.4, 0.5) is 5.69 Å². The van der Waals surface area contributed by atoms with Gasteiger partial charge in [0.1, 0.15) is 0 Å². The number of benzene rings is 1. The highest BCUT2D eigenvalue weighted by Crippen LogP contribution is 2.23. The van der Waals surface area contributed by atoms with Gasteiger partial charge in [-0.1, -0.05) is 31.4 Å². The highest BCUT2D eigenvalue weighted by Gasteiger charge is 2.29. The van der Waals surface area contributed by atoms with Crippen LogP contribution in [-0.2, 0) is 9.59 Å². The van der Waals surface area contributed by atoms with Crippen molar-refractivity contribution in [3.05, 3.63) is 29.3 Å². The third-order valence-electron chi connectivity index (χ3n) is 5.14. The molecular weight excluding hydrogens is 338 g/mol. The van der Waals surface area contributed by atoms with Crippen LogP contribution < -0.4 is 15.5 Å². The molecule has 3 N–H and O–H groups in total. The van der Waals surface area contributed by atoms with Crippen molar-refractivity contribution in [3.8, 4) is 0 Å². The van der Waals surface area contributed by atoms with E-state index >= 15 is 0 Å². The Morgan fingerprint density at radius 3 is 2.52 bits per heavy atom. The minimum atomic E-state index is -0.273. The summed E-state index contributed by atoms with van der Waals surface area (Å²) < 4.78 is 0. The third kappa shape index (κ3) is 6.01. The van der Waals surface area contributed by atoms with Gasteiger partial charge in [-0.2, -0.15) is 0 Å². The predicted molar refractivity (Wildman–Crippen MR) is 101 cm³/mol. The Kier molecular flexibility index (Phi) is 7.26. The van der Waals surface area contributed by atoms with Gasteiger partial charge in [0.25, 0.3) is 11.8 Å². The van der Waals surface area contributed by atoms with Crippen molar-refractivity contribution in [2.24, 2.45) is 5.92 Å². The standard InChI is InChI=1S/C19H28ClN3O2/c1-13-6-4-5-7-17(13)22-19(25)14(2)23(3)12-18(24)21-16-10-8-15(20)9-11-16/h8-11,13-14,17H,4-7,12H2,1-3H3,(H,21,24)(H,22,25)/p+1/t13-,14-,17-/m1/s1. The molecule has 0 bridgehead atoms. The Morgan fingerprint density at radius 1 is 1.24 bits per heavy atom. The van der Waals surface area contributed by atoms with E-state index in [2.05, 4.69) is 17.6 Å². The van der Waals surface area contributed by atoms with Gasteiger partial charge in [-0.25, -0.2) is 0 Å². The van der Waals surface area contributed by atoms with Gasteiger partial charge in [-0.05, 0) is 49.9 Å². The van der Waals surface area contributed by atoms with Crippen LogP contribution in [0.15, 0.2) is 24.3 Å². The number of carbonyl (C=O) groups is 2. The zero-order valence-corrected chi connectivity index (χ0v) is 16.0. The van der Waals surface area contributed by atoms with Crippen molar-refractivity contribution in [1.82, 2.24) is 5.32 Å². The molecule has 2 amide bonds. The van der Waals surface area contributed by atoms with E-state index in [4.69, 9.17) is 11.6 Å². The fraction of sp³-hybridized carbons (Fsp3) is 0.579. The third-order valence-corrected chi connectivity index (χ3v) is 5.39. The molecule has 2 rings (SSSR count). The van der Waals surface area contributed by atoms with Crippen molar-refractivity contribution in [1.29, 1.82) is 0 Å². The predicted octanol–water partition coefficient (Wildman–Crippen LogP) is 1.88. The number of nitrogens with one attached hydrogen (secondary N) is 3. The summed E-state index contributed by atoms with van der Waals surface area (Å²) in [6.07, 6.45) is 4.65. The smallest absolute Gasteiger partial charge is 0.279 e. The summed E-state index contributed by atoms with van der Waals surface area (Å²) >= 11 is 5.84. The molecule has 0 radical (unpaired) electrons. The molecule has 0 heterocycles. The van der Waals surface area contributed by atoms with Crippen LogP contribution in [0.2, 0.25) is 5.02 Å². The van der Waals surface area contributed by atoms with E-state index in [1.54, 1.807) is 24.3 Å². The molecule has 25 heavy (non-hydrogen) atoms. The quantitative estimate of drug-likeness (QED) is 0.719. The molecule has 1 saturated carbocycles. The zero-order valence-electron chi connectivity index (χ0n) is 15.3. The molecule has 0 aromatic heterocycles. The largest absolute Gasteiger partial charge is 0.348 e. The number of likely N-dealkylation sites (N-methyl/N-ethyl adjacent to an activating group) is 1. The van der Waals surface area contributed by atoms with E-state index in [0.717, 1.165) is 11.3 Å². The highest BCUT2D eigenvalue weighted by molar-refractivity contribution is 6.30. The Morgan fingerprint density at radius 2 is 1.88 bits per heavy atom. The highest BCUT2D eigenvalue weighted by atomic mass is 35.5. The SMILES string of the molecule is C[C@@H]1CCCC[C@H]1NC(=O)[C@@H](C)[NH+](C)CC(=O)Nc1ccc(Cl)cc1. The summed E-state index contributed by atoms with van der Waals surface area (Å²) in [5, 5.41) is 6.63. The fourth-order valence-electron chi connectivity index (χ4n) is 3.21. The van der Waals surface area contributed by atoms with Crippen molar-refractivity contribution in [2.75, 3.05) is 18.9 Å². The van der Waals surface area contributed by atoms with Gasteiger partial charge >= 0.3 is 0 Å². The first kappa shape index (κ1) is 19.7. The second-order valence-corrected chi connectivity index (χ2v) is 7.61. The summed E-state index contributed by atoms with van der Waals surface area (Å²) in [5.74, 6) is 0.430. The molecule has 1 aromatic carbocycles. The van der Waals surface area contributed by atoms with Crippen LogP contribution in [0.25, 0.3) is 0 Å². The number of amides is 2. The Balaban J connectivity index is 1.81. The molecule has 0 spiro atoms. The first-order valence-electron chi connectivity index (χ1n) is 9.05. The van der Waals surface area contributed by atoms with Crippen LogP contribution in [0.1, 0.15) is 39.5 Å². The van der Waals surface area contributed by atoms with E-state index in [9.17, 15) is 9.59 Å². The summed E-state index contributed by atoms with van der Waals surface area (Å²) in [6.45, 7) is 4.30. The molecule has 1 aromatic rings. The number of carbonyl (C=O) groups excluding carboxylic acids is 2. The lowest BCUT2D eigenvalue weighted by atomic mass is 9.86. The lowest BCUT2D eigenvalue weighted by molar-refractivity contribution is -0.885. The van der Waals surface area contributed by atoms with Crippen molar-refractivity contribution >= 4 is 29.1 Å². The number of anilines is 1. The molecule has 1 aliphatic carbocycles. The number of rotatable bonds is 6. The van der Waals surface area contributed by atoms with Crippen molar-refractivity contribution in [3.63, 3.8) is 0 Å². The monoisotopic (exact) mass is 366 g/mol. The van der Waals surface area contributed by atoms with Gasteiger partial charge in [-0.15, -0.1) is 0 Å². The van der Waals surface area contributed by atoms with Crippen LogP contribution >= 0.6 is 11.6 Å². The Bertz CT molecular complexity index is 591. The van der Waals surface area contributed by atoms with Gasteiger partial charge in [0.05, 0.1) is 7.05 Å². The van der Waals surface area contributed by atoms with Gasteiger partial charge in [-0.3, -0.25) is 9.59 Å². The molecule has 5 nitrogen and oxygen atoms in total. The molecule has 6 heteroatoms. The second-order valence-electron chi connectivity index (χ2n) is 7.18. The number of quaternary nitrogens is 1. The molecule has 1 aliphatic rings. The molecular formula is C19H29ClN3O2+. The summed E-state index contributed by atoms with van der Waals surface area (Å²) in [4.78, 5) is 25.5. The van der Waals surface area contributed by atoms with Gasteiger partial charge < -0.3 is 15.5 Å². The van der Waals surface area contributed by atoms with Crippen LogP contribution in [0, 0.1) is 5.92 Å². The molecule has 1 unspecified atom stereocenters. The summed E-state index contributed by atoms with van der Waals surface area (Å²) in [5.41, 5.74) is 0.704. The molecule has 1 fully saturated rings. The molecule has 138 valence electrons. The average Bonchev–Trinajstić information content (AvgIpc) is 2.58. The van der Waals surface area contributed by atoms with E-state index in [0.29, 0.717) is 16.6 Å². The van der Waals surface area contributed by atoms with Crippen LogP contribution in [0.3, 0.4) is 0 Å². The maximum atomic E-state index is 12.5. The second kappa shape index (κ2) is 9.20. The first-order valence-corrected chi connectivity index (χ1v) is 9.42. The molecule has 0 aliphatic heterocycles. The zero-order chi connectivity index (χ0) is 18.4. The topological polar surface area (TPSA) is 62.6 Å². The Labute approximate surface area is 155 Å². The minimum absolute atomic E-state index is 0.0237.